The van der Waals surface area contributed by atoms with Crippen molar-refractivity contribution in [3.05, 3.63) is 84.6 Å². The third-order valence-electron chi connectivity index (χ3n) is 5.83. The van der Waals surface area contributed by atoms with Crippen LogP contribution in [0.25, 0.3) is 10.9 Å². The largest absolute Gasteiger partial charge is 0.373 e. The molecule has 0 radical (unpaired) electrons. The maximum absolute atomic E-state index is 12.4. The number of fused-ring (bicyclic) bond motifs is 1. The zero-order valence-corrected chi connectivity index (χ0v) is 18.9. The summed E-state index contributed by atoms with van der Waals surface area (Å²) in [5.41, 5.74) is 8.37. The fraction of sp³-hybridized carbons (Fsp3) is 0.269. The number of anilines is 1. The van der Waals surface area contributed by atoms with E-state index in [9.17, 15) is 14.7 Å². The molecule has 0 unspecified atom stereocenters. The van der Waals surface area contributed by atoms with Crippen LogP contribution in [0.4, 0.5) is 5.69 Å². The number of nitrogens with two attached hydrogens (primary N) is 1. The van der Waals surface area contributed by atoms with Crippen LogP contribution < -0.4 is 11.1 Å². The van der Waals surface area contributed by atoms with Gasteiger partial charge in [-0.1, -0.05) is 36.4 Å². The van der Waals surface area contributed by atoms with Crippen LogP contribution in [0, 0.1) is 0 Å². The number of carbonyl (C=O) groups is 2. The van der Waals surface area contributed by atoms with Crippen molar-refractivity contribution in [3.8, 4) is 0 Å². The van der Waals surface area contributed by atoms with Gasteiger partial charge < -0.3 is 25.3 Å². The van der Waals surface area contributed by atoms with E-state index in [1.165, 1.54) is 22.7 Å². The molecule has 8 heteroatoms. The summed E-state index contributed by atoms with van der Waals surface area (Å²) >= 11 is 0. The molecule has 2 aromatic heterocycles. The average molecular weight is 460 g/mol. The summed E-state index contributed by atoms with van der Waals surface area (Å²) in [5.74, 6) is -0.615. The zero-order valence-electron chi connectivity index (χ0n) is 18.9. The van der Waals surface area contributed by atoms with Gasteiger partial charge in [-0.15, -0.1) is 0 Å². The van der Waals surface area contributed by atoms with Crippen LogP contribution in [0.5, 0.6) is 0 Å². The Kier molecular flexibility index (Phi) is 7.39. The number of carbonyl (C=O) groups excluding carboxylic acids is 2. The molecule has 0 saturated heterocycles. The van der Waals surface area contributed by atoms with E-state index in [-0.39, 0.29) is 11.6 Å². The van der Waals surface area contributed by atoms with Crippen molar-refractivity contribution in [2.24, 2.45) is 5.73 Å². The first-order chi connectivity index (χ1) is 16.5. The molecule has 0 saturated carbocycles. The minimum absolute atomic E-state index is 0.00664. The van der Waals surface area contributed by atoms with Gasteiger partial charge in [-0.25, -0.2) is 4.98 Å². The fourth-order valence-electron chi connectivity index (χ4n) is 4.00. The average Bonchev–Trinajstić information content (AvgIpc) is 3.48. The Balaban J connectivity index is 1.30. The number of hydrogen-bond donors (Lipinski definition) is 3. The van der Waals surface area contributed by atoms with Gasteiger partial charge in [0.1, 0.15) is 11.9 Å². The van der Waals surface area contributed by atoms with Crippen LogP contribution in [0.3, 0.4) is 0 Å². The molecule has 34 heavy (non-hydrogen) atoms. The highest BCUT2D eigenvalue weighted by molar-refractivity contribution is 5.93. The SMILES string of the molecule is NC(=O)c1cn([C@H](O)CCCn2ccc3ccc(NC(=O)CCCc4ccccc4)cc32)cn1. The van der Waals surface area contributed by atoms with Crippen LogP contribution in [0.15, 0.2) is 73.3 Å². The molecule has 176 valence electrons. The van der Waals surface area contributed by atoms with Crippen molar-refractivity contribution in [3.63, 3.8) is 0 Å². The molecule has 1 atom stereocenters. The summed E-state index contributed by atoms with van der Waals surface area (Å²) in [4.78, 5) is 27.5. The minimum Gasteiger partial charge on any atom is -0.373 e. The molecule has 0 aliphatic rings. The summed E-state index contributed by atoms with van der Waals surface area (Å²) in [5, 5.41) is 14.4. The number of aliphatic hydroxyl groups is 1. The summed E-state index contributed by atoms with van der Waals surface area (Å²) < 4.78 is 3.59. The van der Waals surface area contributed by atoms with Gasteiger partial charge in [-0.3, -0.25) is 9.59 Å². The predicted molar refractivity (Wildman–Crippen MR) is 131 cm³/mol. The molecule has 4 N–H and O–H groups in total. The number of hydrogen-bond acceptors (Lipinski definition) is 4. The molecule has 4 aromatic rings. The number of amides is 2. The molecular formula is C26H29N5O3. The highest BCUT2D eigenvalue weighted by atomic mass is 16.3. The van der Waals surface area contributed by atoms with Gasteiger partial charge in [0, 0.05) is 31.0 Å². The monoisotopic (exact) mass is 459 g/mol. The smallest absolute Gasteiger partial charge is 0.268 e. The Morgan fingerprint density at radius 3 is 2.68 bits per heavy atom. The number of aryl methyl sites for hydroxylation is 2. The first-order valence-corrected chi connectivity index (χ1v) is 11.4. The van der Waals surface area contributed by atoms with Crippen LogP contribution in [0.1, 0.15) is 48.0 Å². The molecule has 2 aromatic carbocycles. The van der Waals surface area contributed by atoms with E-state index in [1.54, 1.807) is 0 Å². The van der Waals surface area contributed by atoms with Crippen LogP contribution in [0.2, 0.25) is 0 Å². The first kappa shape index (κ1) is 23.3. The lowest BCUT2D eigenvalue weighted by Crippen LogP contribution is -2.12. The van der Waals surface area contributed by atoms with Crippen molar-refractivity contribution in [2.45, 2.75) is 44.9 Å². The fourth-order valence-corrected chi connectivity index (χ4v) is 4.00. The number of aliphatic hydroxyl groups excluding tert-OH is 1. The summed E-state index contributed by atoms with van der Waals surface area (Å²) in [6.45, 7) is 0.701. The van der Waals surface area contributed by atoms with Crippen LogP contribution >= 0.6 is 0 Å². The highest BCUT2D eigenvalue weighted by Crippen LogP contribution is 2.22. The van der Waals surface area contributed by atoms with E-state index >= 15 is 0 Å². The van der Waals surface area contributed by atoms with Crippen molar-refractivity contribution < 1.29 is 14.7 Å². The van der Waals surface area contributed by atoms with Gasteiger partial charge in [0.2, 0.25) is 5.91 Å². The van der Waals surface area contributed by atoms with Gasteiger partial charge in [0.15, 0.2) is 0 Å². The standard InChI is InChI=1S/C26H29N5O3/c27-26(34)22-17-31(18-28-22)25(33)10-5-14-30-15-13-20-11-12-21(16-23(20)30)29-24(32)9-4-8-19-6-2-1-3-7-19/h1-3,6-7,11-13,15-18,25,33H,4-5,8-10,14H2,(H2,27,34)(H,29,32)/t25-/m1/s1. The molecule has 2 amide bonds. The first-order valence-electron chi connectivity index (χ1n) is 11.4. The Morgan fingerprint density at radius 2 is 1.91 bits per heavy atom. The number of benzene rings is 2. The second-order valence-corrected chi connectivity index (χ2v) is 8.36. The Bertz CT molecular complexity index is 1260. The van der Waals surface area contributed by atoms with Crippen LogP contribution in [-0.4, -0.2) is 31.0 Å². The molecular weight excluding hydrogens is 430 g/mol. The molecule has 0 aliphatic carbocycles. The number of imidazole rings is 1. The van der Waals surface area contributed by atoms with E-state index in [0.29, 0.717) is 25.8 Å². The molecule has 2 heterocycles. The number of nitrogens with one attached hydrogen (secondary N) is 1. The second kappa shape index (κ2) is 10.8. The lowest BCUT2D eigenvalue weighted by molar-refractivity contribution is -0.116. The molecule has 0 bridgehead atoms. The normalized spacial score (nSPS) is 12.0. The Hall–Kier alpha value is -3.91. The van der Waals surface area contributed by atoms with E-state index in [1.807, 2.05) is 48.7 Å². The molecule has 0 aliphatic heterocycles. The Morgan fingerprint density at radius 1 is 1.09 bits per heavy atom. The van der Waals surface area contributed by atoms with Crippen molar-refractivity contribution in [1.82, 2.24) is 14.1 Å². The number of nitrogens with zero attached hydrogens (tertiary/aromatic N) is 3. The molecule has 8 nitrogen and oxygen atoms in total. The maximum atomic E-state index is 12.4. The van der Waals surface area contributed by atoms with E-state index in [4.69, 9.17) is 5.73 Å². The van der Waals surface area contributed by atoms with Crippen LogP contribution in [-0.2, 0) is 17.8 Å². The number of rotatable bonds is 11. The maximum Gasteiger partial charge on any atom is 0.268 e. The molecule has 0 spiro atoms. The lowest BCUT2D eigenvalue weighted by Gasteiger charge is -2.13. The second-order valence-electron chi connectivity index (χ2n) is 8.36. The van der Waals surface area contributed by atoms with Crippen molar-refractivity contribution >= 4 is 28.4 Å². The third kappa shape index (κ3) is 5.90. The van der Waals surface area contributed by atoms with Gasteiger partial charge >= 0.3 is 0 Å². The van der Waals surface area contributed by atoms with E-state index in [2.05, 4.69) is 27.0 Å². The number of aromatic nitrogens is 3. The Labute approximate surface area is 198 Å². The quantitative estimate of drug-likeness (QED) is 0.316. The van der Waals surface area contributed by atoms with Gasteiger partial charge in [-0.2, -0.15) is 0 Å². The summed E-state index contributed by atoms with van der Waals surface area (Å²) in [6.07, 6.45) is 7.43. The van der Waals surface area contributed by atoms with E-state index in [0.717, 1.165) is 29.4 Å². The van der Waals surface area contributed by atoms with Crippen molar-refractivity contribution in [2.75, 3.05) is 5.32 Å². The summed E-state index contributed by atoms with van der Waals surface area (Å²) in [7, 11) is 0. The van der Waals surface area contributed by atoms with Gasteiger partial charge in [-0.05, 0) is 54.8 Å². The van der Waals surface area contributed by atoms with Gasteiger partial charge in [0.05, 0.1) is 11.8 Å². The van der Waals surface area contributed by atoms with E-state index < -0.39 is 12.1 Å². The minimum atomic E-state index is -0.784. The van der Waals surface area contributed by atoms with Gasteiger partial charge in [0.25, 0.3) is 5.91 Å². The molecule has 4 rings (SSSR count). The summed E-state index contributed by atoms with van der Waals surface area (Å²) in [6, 6.07) is 18.1. The predicted octanol–water partition coefficient (Wildman–Crippen LogP) is 3.87. The number of primary amides is 1. The van der Waals surface area contributed by atoms with Crippen molar-refractivity contribution in [1.29, 1.82) is 0 Å². The molecule has 0 fully saturated rings. The lowest BCUT2D eigenvalue weighted by atomic mass is 10.1. The highest BCUT2D eigenvalue weighted by Gasteiger charge is 2.11. The topological polar surface area (TPSA) is 115 Å². The third-order valence-corrected chi connectivity index (χ3v) is 5.83. The zero-order chi connectivity index (χ0) is 23.9.